The predicted molar refractivity (Wildman–Crippen MR) is 172 cm³/mol. The van der Waals surface area contributed by atoms with Crippen molar-refractivity contribution < 1.29 is 0 Å². The molecule has 1 aromatic carbocycles. The Morgan fingerprint density at radius 3 is 2.02 bits per heavy atom. The molecule has 0 bridgehead atoms. The Kier molecular flexibility index (Phi) is 8.32. The fraction of sp³-hybridized carbons (Fsp3) is 0.194. The van der Waals surface area contributed by atoms with Gasteiger partial charge in [0.2, 0.25) is 0 Å². The number of H-pyrrole nitrogens is 1. The highest BCUT2D eigenvalue weighted by Gasteiger charge is 2.12. The number of benzene rings is 1. The van der Waals surface area contributed by atoms with E-state index in [2.05, 4.69) is 79.7 Å². The molecule has 5 aromatic heterocycles. The normalized spacial score (nSPS) is 10.9. The molecule has 0 fully saturated rings. The zero-order chi connectivity index (χ0) is 30.6. The van der Waals surface area contributed by atoms with Gasteiger partial charge in [0, 0.05) is 66.8 Å². The number of aromatic nitrogens is 8. The number of hydrogen-bond acceptors (Lipinski definition) is 8. The van der Waals surface area contributed by atoms with Crippen molar-refractivity contribution in [3.8, 4) is 23.0 Å². The van der Waals surface area contributed by atoms with Crippen molar-refractivity contribution in [2.45, 2.75) is 20.8 Å². The maximum absolute atomic E-state index is 6.08. The molecular weight excluding hydrogens is 562 g/mol. The standard InChI is InChI=1S/C22H23N7.C9H9ClN4/c1-22(2,3)8-5-15-11-16(12-17-20(15)26-27-21(17)23)14-6-9-24-19(13-14)25-18-7-10-29(4)28-18;1-14-5-3-8(13-14)12-9-6-7(10)2-4-11-9/h6-7,9-13H,1-4H3,(H3,23,26,27)(H,24,25,28);2-6H,1H3,(H,11,12,13). The van der Waals surface area contributed by atoms with Gasteiger partial charge in [-0.1, -0.05) is 23.4 Å². The summed E-state index contributed by atoms with van der Waals surface area (Å²) in [4.78, 5) is 8.50. The van der Waals surface area contributed by atoms with E-state index in [-0.39, 0.29) is 5.41 Å². The smallest absolute Gasteiger partial charge is 0.153 e. The third kappa shape index (κ3) is 7.69. The van der Waals surface area contributed by atoms with Crippen LogP contribution in [0.5, 0.6) is 0 Å². The number of nitrogens with zero attached hydrogens (tertiary/aromatic N) is 7. The van der Waals surface area contributed by atoms with Crippen LogP contribution >= 0.6 is 11.6 Å². The number of nitrogens with two attached hydrogens (primary N) is 1. The number of aromatic amines is 1. The van der Waals surface area contributed by atoms with Gasteiger partial charge in [-0.3, -0.25) is 14.5 Å². The molecule has 0 spiro atoms. The predicted octanol–water partition coefficient (Wildman–Crippen LogP) is 6.29. The van der Waals surface area contributed by atoms with E-state index in [9.17, 15) is 0 Å². The molecule has 12 heteroatoms. The summed E-state index contributed by atoms with van der Waals surface area (Å²) in [6.07, 6.45) is 7.15. The highest BCUT2D eigenvalue weighted by Crippen LogP contribution is 2.30. The number of hydrogen-bond donors (Lipinski definition) is 4. The van der Waals surface area contributed by atoms with Crippen molar-refractivity contribution in [2.75, 3.05) is 16.4 Å². The van der Waals surface area contributed by atoms with Gasteiger partial charge in [0.15, 0.2) is 17.5 Å². The van der Waals surface area contributed by atoms with E-state index in [4.69, 9.17) is 17.3 Å². The monoisotopic (exact) mass is 593 g/mol. The Morgan fingerprint density at radius 1 is 0.814 bits per heavy atom. The third-order valence-electron chi connectivity index (χ3n) is 6.03. The molecular formula is C31H32ClN11. The topological polar surface area (TPSA) is 140 Å². The molecule has 5 N–H and O–H groups in total. The van der Waals surface area contributed by atoms with Crippen LogP contribution in [0.25, 0.3) is 22.0 Å². The summed E-state index contributed by atoms with van der Waals surface area (Å²) in [6.45, 7) is 6.25. The van der Waals surface area contributed by atoms with E-state index >= 15 is 0 Å². The van der Waals surface area contributed by atoms with Gasteiger partial charge in [-0.25, -0.2) is 9.97 Å². The van der Waals surface area contributed by atoms with Crippen molar-refractivity contribution in [1.29, 1.82) is 0 Å². The van der Waals surface area contributed by atoms with Gasteiger partial charge in [0.25, 0.3) is 0 Å². The number of nitrogen functional groups attached to an aromatic ring is 1. The molecule has 43 heavy (non-hydrogen) atoms. The van der Waals surface area contributed by atoms with Crippen LogP contribution in [0.1, 0.15) is 26.3 Å². The zero-order valence-corrected chi connectivity index (χ0v) is 25.3. The Morgan fingerprint density at radius 2 is 1.44 bits per heavy atom. The molecule has 0 saturated carbocycles. The fourth-order valence-electron chi connectivity index (χ4n) is 4.04. The number of aryl methyl sites for hydroxylation is 2. The first-order valence-electron chi connectivity index (χ1n) is 13.4. The van der Waals surface area contributed by atoms with E-state index < -0.39 is 0 Å². The second-order valence-electron chi connectivity index (χ2n) is 10.8. The average molecular weight is 594 g/mol. The second-order valence-corrected chi connectivity index (χ2v) is 11.3. The number of nitrogens with one attached hydrogen (secondary N) is 3. The first-order chi connectivity index (χ1) is 20.5. The molecule has 0 aliphatic carbocycles. The third-order valence-corrected chi connectivity index (χ3v) is 6.26. The van der Waals surface area contributed by atoms with Crippen LogP contribution in [0.3, 0.4) is 0 Å². The first-order valence-corrected chi connectivity index (χ1v) is 13.8. The molecule has 0 radical (unpaired) electrons. The highest BCUT2D eigenvalue weighted by molar-refractivity contribution is 6.30. The fourth-order valence-corrected chi connectivity index (χ4v) is 4.20. The Hall–Kier alpha value is -5.34. The molecule has 0 aliphatic heterocycles. The van der Waals surface area contributed by atoms with Crippen LogP contribution in [-0.2, 0) is 14.1 Å². The van der Waals surface area contributed by atoms with Gasteiger partial charge in [0.05, 0.1) is 11.1 Å². The lowest BCUT2D eigenvalue weighted by atomic mass is 9.96. The summed E-state index contributed by atoms with van der Waals surface area (Å²) in [5, 5.41) is 23.4. The molecule has 0 atom stereocenters. The molecule has 5 heterocycles. The van der Waals surface area contributed by atoms with Crippen LogP contribution in [0.2, 0.25) is 5.02 Å². The number of anilines is 5. The molecule has 218 valence electrons. The van der Waals surface area contributed by atoms with Crippen molar-refractivity contribution in [1.82, 2.24) is 39.7 Å². The molecule has 0 aliphatic rings. The minimum absolute atomic E-state index is 0.107. The lowest BCUT2D eigenvalue weighted by Crippen LogP contribution is -1.99. The molecule has 0 saturated heterocycles. The van der Waals surface area contributed by atoms with Crippen LogP contribution in [0, 0.1) is 17.3 Å². The average Bonchev–Trinajstić information content (AvgIpc) is 3.67. The van der Waals surface area contributed by atoms with Gasteiger partial charge in [-0.05, 0) is 68.3 Å². The number of halogens is 1. The Bertz CT molecular complexity index is 1930. The lowest BCUT2D eigenvalue weighted by molar-refractivity contribution is 0.571. The van der Waals surface area contributed by atoms with Crippen molar-refractivity contribution >= 4 is 51.6 Å². The maximum atomic E-state index is 6.08. The quantitative estimate of drug-likeness (QED) is 0.171. The molecule has 6 aromatic rings. The Labute approximate surface area is 254 Å². The summed E-state index contributed by atoms with van der Waals surface area (Å²) < 4.78 is 3.45. The first kappa shape index (κ1) is 29.2. The summed E-state index contributed by atoms with van der Waals surface area (Å²) in [5.74, 6) is 9.93. The van der Waals surface area contributed by atoms with E-state index in [0.717, 1.165) is 39.2 Å². The van der Waals surface area contributed by atoms with Crippen LogP contribution in [0.15, 0.2) is 73.3 Å². The van der Waals surface area contributed by atoms with Gasteiger partial charge < -0.3 is 16.4 Å². The van der Waals surface area contributed by atoms with Crippen LogP contribution in [-0.4, -0.2) is 39.7 Å². The van der Waals surface area contributed by atoms with Gasteiger partial charge >= 0.3 is 0 Å². The minimum atomic E-state index is -0.107. The van der Waals surface area contributed by atoms with Crippen molar-refractivity contribution in [3.05, 3.63) is 83.9 Å². The van der Waals surface area contributed by atoms with Crippen LogP contribution < -0.4 is 16.4 Å². The molecule has 0 amide bonds. The number of pyridine rings is 2. The Balaban J connectivity index is 0.000000220. The van der Waals surface area contributed by atoms with E-state index in [0.29, 0.717) is 22.5 Å². The largest absolute Gasteiger partial charge is 0.382 e. The highest BCUT2D eigenvalue weighted by atomic mass is 35.5. The summed E-state index contributed by atoms with van der Waals surface area (Å²) >= 11 is 5.81. The number of fused-ring (bicyclic) bond motifs is 1. The lowest BCUT2D eigenvalue weighted by Gasteiger charge is -2.09. The molecule has 6 rings (SSSR count). The number of rotatable bonds is 5. The van der Waals surface area contributed by atoms with E-state index in [1.807, 2.05) is 56.8 Å². The maximum Gasteiger partial charge on any atom is 0.153 e. The second kappa shape index (κ2) is 12.3. The van der Waals surface area contributed by atoms with Crippen molar-refractivity contribution in [3.63, 3.8) is 0 Å². The summed E-state index contributed by atoms with van der Waals surface area (Å²) in [6, 6.07) is 15.3. The molecule has 11 nitrogen and oxygen atoms in total. The summed E-state index contributed by atoms with van der Waals surface area (Å²) in [5.41, 5.74) is 9.69. The van der Waals surface area contributed by atoms with Crippen molar-refractivity contribution in [2.24, 2.45) is 19.5 Å². The minimum Gasteiger partial charge on any atom is -0.382 e. The zero-order valence-electron chi connectivity index (χ0n) is 24.5. The summed E-state index contributed by atoms with van der Waals surface area (Å²) in [7, 11) is 3.73. The van der Waals surface area contributed by atoms with Crippen LogP contribution in [0.4, 0.5) is 29.1 Å². The van der Waals surface area contributed by atoms with E-state index in [1.54, 1.807) is 33.9 Å². The van der Waals surface area contributed by atoms with Gasteiger partial charge in [0.1, 0.15) is 11.6 Å². The van der Waals surface area contributed by atoms with Gasteiger partial charge in [-0.15, -0.1) is 0 Å². The van der Waals surface area contributed by atoms with E-state index in [1.165, 1.54) is 0 Å². The van der Waals surface area contributed by atoms with Gasteiger partial charge in [-0.2, -0.15) is 15.3 Å². The molecule has 0 unspecified atom stereocenters. The SMILES string of the molecule is Cn1ccc(Nc2cc(-c3cc(C#CC(C)(C)C)c4[nH]nc(N)c4c3)ccn2)n1.Cn1ccc(Nc2cc(Cl)ccn2)n1.